The zero-order chi connectivity index (χ0) is 32.5. The van der Waals surface area contributed by atoms with Gasteiger partial charge in [-0.05, 0) is 55.7 Å². The van der Waals surface area contributed by atoms with Crippen molar-refractivity contribution in [1.82, 2.24) is 10.2 Å². The molecule has 1 saturated carbocycles. The predicted octanol–water partition coefficient (Wildman–Crippen LogP) is 6.42. The Labute approximate surface area is 271 Å². The van der Waals surface area contributed by atoms with Gasteiger partial charge in [0.1, 0.15) is 18.4 Å². The van der Waals surface area contributed by atoms with Crippen LogP contribution in [0.1, 0.15) is 48.8 Å². The molecule has 1 aliphatic rings. The molecule has 1 N–H and O–H groups in total. The normalized spacial score (nSPS) is 14.3. The molecular weight excluding hydrogens is 601 g/mol. The quantitative estimate of drug-likeness (QED) is 0.194. The second kappa shape index (κ2) is 15.2. The van der Waals surface area contributed by atoms with E-state index in [2.05, 4.69) is 5.32 Å². The smallest absolute Gasteiger partial charge is 0.264 e. The summed E-state index contributed by atoms with van der Waals surface area (Å²) in [7, 11) is -4.20. The van der Waals surface area contributed by atoms with Gasteiger partial charge in [-0.1, -0.05) is 104 Å². The Hall–Kier alpha value is -4.50. The van der Waals surface area contributed by atoms with E-state index in [9.17, 15) is 18.0 Å². The molecule has 4 aromatic rings. The van der Waals surface area contributed by atoms with E-state index in [-0.39, 0.29) is 35.4 Å². The molecule has 2 amide bonds. The lowest BCUT2D eigenvalue weighted by Gasteiger charge is -2.35. The van der Waals surface area contributed by atoms with Crippen LogP contribution >= 0.6 is 0 Å². The summed E-state index contributed by atoms with van der Waals surface area (Å²) in [5, 5.41) is 3.16. The number of hydrogen-bond donors (Lipinski definition) is 1. The predicted molar refractivity (Wildman–Crippen MR) is 178 cm³/mol. The Morgan fingerprint density at radius 1 is 0.826 bits per heavy atom. The van der Waals surface area contributed by atoms with Gasteiger partial charge < -0.3 is 10.2 Å². The zero-order valence-electron chi connectivity index (χ0n) is 26.0. The molecule has 46 heavy (non-hydrogen) atoms. The molecule has 0 bridgehead atoms. The molecule has 0 saturated heterocycles. The summed E-state index contributed by atoms with van der Waals surface area (Å²) in [6, 6.07) is 29.3. The first-order chi connectivity index (χ1) is 22.2. The number of amides is 2. The summed E-state index contributed by atoms with van der Waals surface area (Å²) in [5.74, 6) is -1.48. The molecule has 5 rings (SSSR count). The van der Waals surface area contributed by atoms with Crippen LogP contribution in [0.15, 0.2) is 114 Å². The summed E-state index contributed by atoms with van der Waals surface area (Å²) in [4.78, 5) is 30.0. The number of halogens is 1. The molecule has 4 aromatic carbocycles. The topological polar surface area (TPSA) is 86.8 Å². The highest BCUT2D eigenvalue weighted by atomic mass is 32.2. The van der Waals surface area contributed by atoms with E-state index in [0.29, 0.717) is 5.69 Å². The van der Waals surface area contributed by atoms with Crippen LogP contribution in [0.25, 0.3) is 0 Å². The van der Waals surface area contributed by atoms with Gasteiger partial charge in [-0.15, -0.1) is 0 Å². The number of carbonyl (C=O) groups excluding carboxylic acids is 2. The SMILES string of the molecule is Cc1ccc(S(=O)(=O)N(CC(=O)N(Cc2ccccc2F)[C@H](Cc2ccccc2)C(=O)NC2CCCCC2)c2ccccc2)cc1. The first kappa shape index (κ1) is 32.9. The zero-order valence-corrected chi connectivity index (χ0v) is 26.8. The van der Waals surface area contributed by atoms with Crippen LogP contribution in [0.4, 0.5) is 10.1 Å². The van der Waals surface area contributed by atoms with Gasteiger partial charge in [0.25, 0.3) is 10.0 Å². The number of nitrogens with one attached hydrogen (secondary N) is 1. The average molecular weight is 642 g/mol. The van der Waals surface area contributed by atoms with Crippen LogP contribution in [0.3, 0.4) is 0 Å². The van der Waals surface area contributed by atoms with Gasteiger partial charge in [-0.3, -0.25) is 13.9 Å². The second-order valence-electron chi connectivity index (χ2n) is 11.8. The minimum Gasteiger partial charge on any atom is -0.352 e. The molecular formula is C37H40FN3O4S. The minimum absolute atomic E-state index is 0.0207. The van der Waals surface area contributed by atoms with Crippen LogP contribution in [0.2, 0.25) is 0 Å². The van der Waals surface area contributed by atoms with Crippen molar-refractivity contribution in [3.8, 4) is 0 Å². The number of rotatable bonds is 12. The number of aryl methyl sites for hydroxylation is 1. The Balaban J connectivity index is 1.55. The van der Waals surface area contributed by atoms with Crippen LogP contribution < -0.4 is 9.62 Å². The summed E-state index contributed by atoms with van der Waals surface area (Å²) < 4.78 is 44.3. The van der Waals surface area contributed by atoms with Gasteiger partial charge in [0, 0.05) is 24.6 Å². The van der Waals surface area contributed by atoms with E-state index in [4.69, 9.17) is 0 Å². The lowest BCUT2D eigenvalue weighted by atomic mass is 9.94. The first-order valence-electron chi connectivity index (χ1n) is 15.7. The molecule has 9 heteroatoms. The molecule has 0 radical (unpaired) electrons. The summed E-state index contributed by atoms with van der Waals surface area (Å²) in [6.45, 7) is 1.06. The van der Waals surface area contributed by atoms with Crippen LogP contribution in [0.5, 0.6) is 0 Å². The van der Waals surface area contributed by atoms with Gasteiger partial charge in [-0.25, -0.2) is 12.8 Å². The third kappa shape index (κ3) is 8.20. The number of sulfonamides is 1. The van der Waals surface area contributed by atoms with E-state index in [1.165, 1.54) is 23.1 Å². The van der Waals surface area contributed by atoms with Crippen molar-refractivity contribution >= 4 is 27.5 Å². The average Bonchev–Trinajstić information content (AvgIpc) is 3.07. The van der Waals surface area contributed by atoms with Crippen molar-refractivity contribution in [1.29, 1.82) is 0 Å². The summed E-state index contributed by atoms with van der Waals surface area (Å²) in [5.41, 5.74) is 2.25. The monoisotopic (exact) mass is 641 g/mol. The first-order valence-corrected chi connectivity index (χ1v) is 17.2. The highest BCUT2D eigenvalue weighted by Gasteiger charge is 2.35. The minimum atomic E-state index is -4.20. The lowest BCUT2D eigenvalue weighted by molar-refractivity contribution is -0.140. The molecule has 7 nitrogen and oxygen atoms in total. The molecule has 1 atom stereocenters. The van der Waals surface area contributed by atoms with Crippen molar-refractivity contribution in [2.24, 2.45) is 0 Å². The highest BCUT2D eigenvalue weighted by molar-refractivity contribution is 7.92. The fourth-order valence-electron chi connectivity index (χ4n) is 5.87. The van der Waals surface area contributed by atoms with Crippen molar-refractivity contribution in [2.45, 2.75) is 69.0 Å². The van der Waals surface area contributed by atoms with E-state index in [1.807, 2.05) is 37.3 Å². The number of carbonyl (C=O) groups is 2. The van der Waals surface area contributed by atoms with Crippen molar-refractivity contribution in [3.05, 3.63) is 132 Å². The Morgan fingerprint density at radius 2 is 1.43 bits per heavy atom. The molecule has 0 spiro atoms. The molecule has 1 fully saturated rings. The van der Waals surface area contributed by atoms with Crippen molar-refractivity contribution in [3.63, 3.8) is 0 Å². The van der Waals surface area contributed by atoms with Gasteiger partial charge in [0.15, 0.2) is 0 Å². The fraction of sp³-hybridized carbons (Fsp3) is 0.297. The highest BCUT2D eigenvalue weighted by Crippen LogP contribution is 2.26. The summed E-state index contributed by atoms with van der Waals surface area (Å²) in [6.07, 6.45) is 5.01. The van der Waals surface area contributed by atoms with Gasteiger partial charge >= 0.3 is 0 Å². The summed E-state index contributed by atoms with van der Waals surface area (Å²) >= 11 is 0. The number of hydrogen-bond acceptors (Lipinski definition) is 4. The maximum Gasteiger partial charge on any atom is 0.264 e. The van der Waals surface area contributed by atoms with Crippen molar-refractivity contribution in [2.75, 3.05) is 10.8 Å². The number of para-hydroxylation sites is 1. The van der Waals surface area contributed by atoms with Gasteiger partial charge in [-0.2, -0.15) is 0 Å². The molecule has 1 aliphatic carbocycles. The maximum atomic E-state index is 15.1. The van der Waals surface area contributed by atoms with E-state index < -0.39 is 34.3 Å². The lowest BCUT2D eigenvalue weighted by Crippen LogP contribution is -2.55. The molecule has 0 heterocycles. The van der Waals surface area contributed by atoms with Crippen LogP contribution in [-0.2, 0) is 32.6 Å². The Kier molecular flexibility index (Phi) is 10.9. The van der Waals surface area contributed by atoms with Crippen LogP contribution in [-0.4, -0.2) is 43.8 Å². The Morgan fingerprint density at radius 3 is 2.09 bits per heavy atom. The molecule has 0 aromatic heterocycles. The number of anilines is 1. The third-order valence-corrected chi connectivity index (χ3v) is 10.2. The molecule has 0 aliphatic heterocycles. The number of nitrogens with zero attached hydrogens (tertiary/aromatic N) is 2. The number of benzene rings is 4. The fourth-order valence-corrected chi connectivity index (χ4v) is 7.28. The molecule has 0 unspecified atom stereocenters. The molecule has 240 valence electrons. The van der Waals surface area contributed by atoms with E-state index in [1.54, 1.807) is 60.7 Å². The van der Waals surface area contributed by atoms with Gasteiger partial charge in [0.2, 0.25) is 11.8 Å². The maximum absolute atomic E-state index is 15.1. The van der Waals surface area contributed by atoms with Gasteiger partial charge in [0.05, 0.1) is 10.6 Å². The largest absolute Gasteiger partial charge is 0.352 e. The van der Waals surface area contributed by atoms with E-state index >= 15 is 4.39 Å². The van der Waals surface area contributed by atoms with Crippen LogP contribution in [0, 0.1) is 12.7 Å². The van der Waals surface area contributed by atoms with Crippen molar-refractivity contribution < 1.29 is 22.4 Å². The standard InChI is InChI=1S/C37H40FN3O4S/c1-28-21-23-33(24-22-28)46(44,45)41(32-18-9-4-10-19-32)27-36(42)40(26-30-15-11-12-20-34(30)38)35(25-29-13-5-2-6-14-29)37(43)39-31-16-7-3-8-17-31/h2,4-6,9-15,18-24,31,35H,3,7-8,16-17,25-27H2,1H3,(H,39,43)/t35-/m1/s1. The third-order valence-electron chi connectivity index (χ3n) is 8.45. The van der Waals surface area contributed by atoms with E-state index in [0.717, 1.165) is 47.5 Å². The Bertz CT molecular complexity index is 1710. The second-order valence-corrected chi connectivity index (χ2v) is 13.7.